The first-order valence-electron chi connectivity index (χ1n) is 3.70. The lowest BCUT2D eigenvalue weighted by Gasteiger charge is -2.04. The van der Waals surface area contributed by atoms with Crippen LogP contribution in [0, 0.1) is 0 Å². The maximum atomic E-state index is 10.8. The third kappa shape index (κ3) is 2.05. The van der Waals surface area contributed by atoms with Gasteiger partial charge in [-0.25, -0.2) is 0 Å². The predicted octanol–water partition coefficient (Wildman–Crippen LogP) is 1.22. The number of hydrogen-bond donors (Lipinski definition) is 0. The zero-order chi connectivity index (χ0) is 8.97. The van der Waals surface area contributed by atoms with Gasteiger partial charge in [-0.05, 0) is 13.0 Å². The number of methoxy groups -OCH3 is 1. The Morgan fingerprint density at radius 1 is 1.67 bits per heavy atom. The number of nitrogens with zero attached hydrogens (tertiary/aromatic N) is 1. The van der Waals surface area contributed by atoms with Gasteiger partial charge in [0.25, 0.3) is 0 Å². The fraction of sp³-hybridized carbons (Fsp3) is 0.333. The van der Waals surface area contributed by atoms with Gasteiger partial charge in [0.1, 0.15) is 11.5 Å². The molecule has 0 amide bonds. The lowest BCUT2D eigenvalue weighted by atomic mass is 10.1. The Morgan fingerprint density at radius 2 is 2.42 bits per heavy atom. The maximum absolute atomic E-state index is 10.8. The second-order valence-corrected chi connectivity index (χ2v) is 2.57. The minimum absolute atomic E-state index is 0.125. The summed E-state index contributed by atoms with van der Waals surface area (Å²) >= 11 is 0. The average molecular weight is 165 g/mol. The normalized spacial score (nSPS) is 9.50. The van der Waals surface area contributed by atoms with Gasteiger partial charge in [-0.1, -0.05) is 0 Å². The van der Waals surface area contributed by atoms with E-state index in [1.54, 1.807) is 32.5 Å². The third-order valence-electron chi connectivity index (χ3n) is 1.53. The average Bonchev–Trinajstić information content (AvgIpc) is 2.04. The summed E-state index contributed by atoms with van der Waals surface area (Å²) in [6.07, 6.45) is 3.67. The van der Waals surface area contributed by atoms with E-state index in [2.05, 4.69) is 4.98 Å². The van der Waals surface area contributed by atoms with Crippen LogP contribution in [0.1, 0.15) is 12.5 Å². The summed E-state index contributed by atoms with van der Waals surface area (Å²) in [4.78, 5) is 14.7. The molecule has 3 nitrogen and oxygen atoms in total. The molecule has 1 aromatic rings. The number of carbonyl (C=O) groups excluding carboxylic acids is 1. The molecule has 1 heterocycles. The first-order valence-corrected chi connectivity index (χ1v) is 3.70. The van der Waals surface area contributed by atoms with Crippen molar-refractivity contribution in [1.82, 2.24) is 4.98 Å². The van der Waals surface area contributed by atoms with Crippen LogP contribution < -0.4 is 4.74 Å². The quantitative estimate of drug-likeness (QED) is 0.676. The Labute approximate surface area is 71.4 Å². The van der Waals surface area contributed by atoms with Crippen LogP contribution in [0.5, 0.6) is 5.75 Å². The molecule has 0 atom stereocenters. The highest BCUT2D eigenvalue weighted by Crippen LogP contribution is 2.15. The van der Waals surface area contributed by atoms with Crippen LogP contribution >= 0.6 is 0 Å². The van der Waals surface area contributed by atoms with Gasteiger partial charge >= 0.3 is 0 Å². The van der Waals surface area contributed by atoms with E-state index in [1.807, 2.05) is 0 Å². The van der Waals surface area contributed by atoms with Crippen LogP contribution in [0.2, 0.25) is 0 Å². The second-order valence-electron chi connectivity index (χ2n) is 2.57. The minimum atomic E-state index is 0.125. The van der Waals surface area contributed by atoms with E-state index < -0.39 is 0 Å². The Hall–Kier alpha value is -1.38. The molecule has 12 heavy (non-hydrogen) atoms. The Bertz CT molecular complexity index is 284. The van der Waals surface area contributed by atoms with Crippen molar-refractivity contribution < 1.29 is 9.53 Å². The summed E-state index contributed by atoms with van der Waals surface area (Å²) in [6.45, 7) is 1.56. The van der Waals surface area contributed by atoms with Gasteiger partial charge in [0.15, 0.2) is 0 Å². The molecule has 0 aliphatic heterocycles. The minimum Gasteiger partial charge on any atom is -0.495 e. The summed E-state index contributed by atoms with van der Waals surface area (Å²) in [5, 5.41) is 0. The van der Waals surface area contributed by atoms with E-state index in [9.17, 15) is 4.79 Å². The van der Waals surface area contributed by atoms with Crippen LogP contribution in [0.15, 0.2) is 18.5 Å². The first kappa shape index (κ1) is 8.71. The summed E-state index contributed by atoms with van der Waals surface area (Å²) in [6, 6.07) is 1.79. The summed E-state index contributed by atoms with van der Waals surface area (Å²) in [5.41, 5.74) is 0.889. The van der Waals surface area contributed by atoms with Crippen molar-refractivity contribution in [2.75, 3.05) is 7.11 Å². The fourth-order valence-corrected chi connectivity index (χ4v) is 1.01. The van der Waals surface area contributed by atoms with Crippen LogP contribution in [0.4, 0.5) is 0 Å². The molecule has 0 unspecified atom stereocenters. The zero-order valence-electron chi connectivity index (χ0n) is 7.20. The largest absolute Gasteiger partial charge is 0.495 e. The number of rotatable bonds is 3. The van der Waals surface area contributed by atoms with Gasteiger partial charge in [0.05, 0.1) is 13.3 Å². The molecule has 1 aromatic heterocycles. The molecule has 0 radical (unpaired) electrons. The topological polar surface area (TPSA) is 39.2 Å². The summed E-state index contributed by atoms with van der Waals surface area (Å²) < 4.78 is 5.03. The lowest BCUT2D eigenvalue weighted by molar-refractivity contribution is -0.116. The molecule has 0 aromatic carbocycles. The molecule has 0 saturated heterocycles. The number of ether oxygens (including phenoxy) is 1. The first-order chi connectivity index (χ1) is 5.74. The van der Waals surface area contributed by atoms with Crippen LogP contribution in [0.3, 0.4) is 0 Å². The number of Topliss-reactive ketones (excluding diaryl/α,β-unsaturated/α-hetero) is 1. The summed E-state index contributed by atoms with van der Waals surface area (Å²) in [5.74, 6) is 0.798. The SMILES string of the molecule is COc1cnccc1CC(C)=O. The fourth-order valence-electron chi connectivity index (χ4n) is 1.01. The van der Waals surface area contributed by atoms with Gasteiger partial charge < -0.3 is 4.74 Å². The van der Waals surface area contributed by atoms with E-state index in [0.29, 0.717) is 12.2 Å². The van der Waals surface area contributed by atoms with Gasteiger partial charge in [-0.15, -0.1) is 0 Å². The number of hydrogen-bond acceptors (Lipinski definition) is 3. The van der Waals surface area contributed by atoms with E-state index in [-0.39, 0.29) is 5.78 Å². The number of ketones is 1. The van der Waals surface area contributed by atoms with E-state index >= 15 is 0 Å². The molecule has 0 bridgehead atoms. The highest BCUT2D eigenvalue weighted by atomic mass is 16.5. The van der Waals surface area contributed by atoms with E-state index in [1.165, 1.54) is 0 Å². The van der Waals surface area contributed by atoms with Crippen LogP contribution in [-0.4, -0.2) is 17.9 Å². The van der Waals surface area contributed by atoms with E-state index in [4.69, 9.17) is 4.74 Å². The second kappa shape index (κ2) is 3.85. The molecule has 0 spiro atoms. The smallest absolute Gasteiger partial charge is 0.140 e. The molecular formula is C9H11NO2. The maximum Gasteiger partial charge on any atom is 0.140 e. The lowest BCUT2D eigenvalue weighted by Crippen LogP contribution is -1.99. The van der Waals surface area contributed by atoms with Crippen molar-refractivity contribution in [2.45, 2.75) is 13.3 Å². The van der Waals surface area contributed by atoms with Crippen molar-refractivity contribution in [1.29, 1.82) is 0 Å². The van der Waals surface area contributed by atoms with Crippen molar-refractivity contribution >= 4 is 5.78 Å². The molecule has 0 fully saturated rings. The van der Waals surface area contributed by atoms with Crippen molar-refractivity contribution in [2.24, 2.45) is 0 Å². The highest BCUT2D eigenvalue weighted by Gasteiger charge is 2.03. The third-order valence-corrected chi connectivity index (χ3v) is 1.53. The van der Waals surface area contributed by atoms with Gasteiger partial charge in [-0.3, -0.25) is 9.78 Å². The Morgan fingerprint density at radius 3 is 3.00 bits per heavy atom. The van der Waals surface area contributed by atoms with Crippen LogP contribution in [0.25, 0.3) is 0 Å². The van der Waals surface area contributed by atoms with Gasteiger partial charge in [0, 0.05) is 18.2 Å². The van der Waals surface area contributed by atoms with Gasteiger partial charge in [-0.2, -0.15) is 0 Å². The molecule has 0 N–H and O–H groups in total. The van der Waals surface area contributed by atoms with Crippen molar-refractivity contribution in [3.8, 4) is 5.75 Å². The number of aromatic nitrogens is 1. The van der Waals surface area contributed by atoms with E-state index in [0.717, 1.165) is 5.56 Å². The van der Waals surface area contributed by atoms with Gasteiger partial charge in [0.2, 0.25) is 0 Å². The molecule has 0 saturated carbocycles. The summed E-state index contributed by atoms with van der Waals surface area (Å²) in [7, 11) is 1.57. The standard InChI is InChI=1S/C9H11NO2/c1-7(11)5-8-3-4-10-6-9(8)12-2/h3-4,6H,5H2,1-2H3. The molecule has 64 valence electrons. The molecule has 3 heteroatoms. The molecular weight excluding hydrogens is 154 g/mol. The monoisotopic (exact) mass is 165 g/mol. The van der Waals surface area contributed by atoms with Crippen LogP contribution in [-0.2, 0) is 11.2 Å². The molecule has 1 rings (SSSR count). The highest BCUT2D eigenvalue weighted by molar-refractivity contribution is 5.78. The molecule has 0 aliphatic rings. The molecule has 0 aliphatic carbocycles. The van der Waals surface area contributed by atoms with Crippen molar-refractivity contribution in [3.05, 3.63) is 24.0 Å². The number of carbonyl (C=O) groups is 1. The number of pyridine rings is 1. The Kier molecular flexibility index (Phi) is 2.80. The van der Waals surface area contributed by atoms with Crippen molar-refractivity contribution in [3.63, 3.8) is 0 Å². The predicted molar refractivity (Wildman–Crippen MR) is 45.2 cm³/mol. The Balaban J connectivity index is 2.89. The zero-order valence-corrected chi connectivity index (χ0v) is 7.20.